The van der Waals surface area contributed by atoms with Gasteiger partial charge in [0.05, 0.1) is 77.5 Å². The van der Waals surface area contributed by atoms with Crippen LogP contribution in [0.5, 0.6) is 28.7 Å². The van der Waals surface area contributed by atoms with Gasteiger partial charge in [0.1, 0.15) is 34.6 Å². The summed E-state index contributed by atoms with van der Waals surface area (Å²) in [5.74, 6) is -11.0. The number of aliphatic hydroxyl groups excluding tert-OH is 2. The molecular formula is C60H73FN6O16. The van der Waals surface area contributed by atoms with Crippen molar-refractivity contribution in [3.05, 3.63) is 86.7 Å². The average molecular weight is 1150 g/mol. The van der Waals surface area contributed by atoms with Crippen LogP contribution in [0.1, 0.15) is 106 Å². The number of carbonyl (C=O) groups excluding carboxylic acids is 3. The summed E-state index contributed by atoms with van der Waals surface area (Å²) in [7, 11) is 2.82. The van der Waals surface area contributed by atoms with Gasteiger partial charge in [-0.15, -0.1) is 0 Å². The van der Waals surface area contributed by atoms with Gasteiger partial charge in [-0.05, 0) is 45.3 Å². The summed E-state index contributed by atoms with van der Waals surface area (Å²) in [5.41, 5.74) is -1.40. The van der Waals surface area contributed by atoms with E-state index in [1.807, 2.05) is 4.90 Å². The molecule has 7 N–H and O–H groups in total. The molecule has 1 aromatic heterocycles. The Balaban J connectivity index is 1.03. The van der Waals surface area contributed by atoms with E-state index in [0.29, 0.717) is 51.2 Å². The van der Waals surface area contributed by atoms with Crippen LogP contribution in [0.25, 0.3) is 21.7 Å². The molecule has 1 unspecified atom stereocenters. The zero-order valence-corrected chi connectivity index (χ0v) is 48.1. The zero-order chi connectivity index (χ0) is 60.3. The molecule has 10 rings (SSSR count). The third-order valence-corrected chi connectivity index (χ3v) is 17.2. The number of aliphatic hydroxyl groups is 2. The molecule has 6 aliphatic rings. The van der Waals surface area contributed by atoms with E-state index in [2.05, 4.69) is 10.2 Å². The number of hydrogen-bond donors (Lipinski definition) is 7. The van der Waals surface area contributed by atoms with Crippen molar-refractivity contribution in [2.24, 2.45) is 28.8 Å². The number of methoxy groups -OCH3 is 2. The van der Waals surface area contributed by atoms with Crippen molar-refractivity contribution in [2.75, 3.05) is 63.7 Å². The molecule has 5 bridgehead atoms. The Morgan fingerprint density at radius 2 is 1.59 bits per heavy atom. The molecule has 83 heavy (non-hydrogen) atoms. The van der Waals surface area contributed by atoms with Gasteiger partial charge in [-0.2, -0.15) is 5.10 Å². The summed E-state index contributed by atoms with van der Waals surface area (Å²) in [4.78, 5) is 70.8. The Morgan fingerprint density at radius 3 is 2.23 bits per heavy atom. The van der Waals surface area contributed by atoms with Gasteiger partial charge in [-0.1, -0.05) is 45.9 Å². The fraction of sp³-hybridized carbons (Fsp3) is 0.500. The lowest BCUT2D eigenvalue weighted by molar-refractivity contribution is -0.160. The van der Waals surface area contributed by atoms with Crippen molar-refractivity contribution in [3.63, 3.8) is 0 Å². The van der Waals surface area contributed by atoms with Crippen LogP contribution in [-0.4, -0.2) is 165 Å². The fourth-order valence-corrected chi connectivity index (χ4v) is 12.2. The predicted molar refractivity (Wildman–Crippen MR) is 305 cm³/mol. The number of phenols is 3. The second-order valence-corrected chi connectivity index (χ2v) is 22.7. The van der Waals surface area contributed by atoms with Crippen molar-refractivity contribution < 1.29 is 77.9 Å². The van der Waals surface area contributed by atoms with Crippen LogP contribution in [0.15, 0.2) is 58.3 Å². The number of hydrogen-bond acceptors (Lipinski definition) is 19. The number of nitrogens with one attached hydrogen (secondary N) is 1. The largest absolute Gasteiger partial charge is 0.507 e. The van der Waals surface area contributed by atoms with E-state index in [1.165, 1.54) is 72.7 Å². The Hall–Kier alpha value is -7.73. The van der Waals surface area contributed by atoms with Gasteiger partial charge >= 0.3 is 17.7 Å². The first-order chi connectivity index (χ1) is 39.3. The minimum atomic E-state index is -2.13. The molecule has 23 heteroatoms. The highest BCUT2D eigenvalue weighted by atomic mass is 19.1. The Kier molecular flexibility index (Phi) is 17.0. The number of aromatic hydroxyl groups is 3. The summed E-state index contributed by atoms with van der Waals surface area (Å²) in [6.45, 7) is 14.9. The number of aromatic carboxylic acids is 1. The molecule has 6 heterocycles. The lowest BCUT2D eigenvalue weighted by atomic mass is 9.78. The van der Waals surface area contributed by atoms with Gasteiger partial charge in [-0.25, -0.2) is 9.18 Å². The number of halogens is 1. The molecule has 5 aliphatic heterocycles. The molecule has 1 amide bonds. The van der Waals surface area contributed by atoms with E-state index in [9.17, 15) is 54.6 Å². The smallest absolute Gasteiger partial charge is 0.341 e. The molecular weight excluding hydrogens is 1080 g/mol. The number of rotatable bonds is 9. The van der Waals surface area contributed by atoms with Crippen LogP contribution >= 0.6 is 0 Å². The maximum absolute atomic E-state index is 16.2. The Morgan fingerprint density at radius 1 is 0.892 bits per heavy atom. The number of ketones is 1. The highest BCUT2D eigenvalue weighted by Gasteiger charge is 2.50. The average Bonchev–Trinajstić information content (AvgIpc) is 2.49. The van der Waals surface area contributed by atoms with Crippen LogP contribution in [0.4, 0.5) is 15.8 Å². The third-order valence-electron chi connectivity index (χ3n) is 17.2. The van der Waals surface area contributed by atoms with E-state index in [0.717, 1.165) is 18.9 Å². The van der Waals surface area contributed by atoms with Gasteiger partial charge in [0.25, 0.3) is 11.7 Å². The third kappa shape index (κ3) is 11.1. The number of fused-ring (bicyclic) bond motifs is 15. The molecule has 1 aliphatic carbocycles. The summed E-state index contributed by atoms with van der Waals surface area (Å²) in [6, 6.07) is 0.998. The van der Waals surface area contributed by atoms with Gasteiger partial charge < -0.3 is 69.1 Å². The number of esters is 1. The van der Waals surface area contributed by atoms with Gasteiger partial charge in [-0.3, -0.25) is 29.1 Å². The van der Waals surface area contributed by atoms with Crippen LogP contribution < -0.4 is 25.1 Å². The number of phenolic OH excluding ortho intramolecular Hbond substituents is 3. The number of carboxylic acids is 1. The molecule has 3 aromatic carbocycles. The number of carboxylic acid groups (broad SMARTS) is 1. The molecule has 1 saturated carbocycles. The van der Waals surface area contributed by atoms with Crippen molar-refractivity contribution in [1.82, 2.24) is 14.5 Å². The van der Waals surface area contributed by atoms with Gasteiger partial charge in [0.2, 0.25) is 5.43 Å². The number of allylic oxidation sites excluding steroid dienone is 2. The molecule has 10 atom stereocenters. The van der Waals surface area contributed by atoms with Crippen molar-refractivity contribution in [2.45, 2.75) is 117 Å². The number of ether oxygens (including phenoxy) is 5. The molecule has 2 saturated heterocycles. The van der Waals surface area contributed by atoms with Crippen molar-refractivity contribution in [1.29, 1.82) is 0 Å². The number of benzene rings is 3. The van der Waals surface area contributed by atoms with E-state index < -0.39 is 112 Å². The second kappa shape index (κ2) is 23.5. The number of nitrogens with zero attached hydrogens (tertiary/aromatic N) is 5. The SMILES string of the molecule is COc1c(N2CCN(C3CCN(/N=C/c4c5c(O)c6c(O)c(C)c7c(c6c4O)C(=O)[C@@](C)(O/C=C/[C@H](OC)[C@@H](C)[C@@H](OC(C)=O)[C@H](C)[C@H](O)[C@H](C)[C@@H](O)[C@@H](C)/C=C/C=C(/C)C(=O)N5)O7)C3)CC2)c(F)cc2c(=O)c(C(=O)O)cn(C3CC3)c12. The molecule has 4 aromatic rings. The highest BCUT2D eigenvalue weighted by Crippen LogP contribution is 2.55. The fourth-order valence-electron chi connectivity index (χ4n) is 12.2. The van der Waals surface area contributed by atoms with Gasteiger partial charge in [0.15, 0.2) is 17.3 Å². The van der Waals surface area contributed by atoms with Crippen LogP contribution in [0.3, 0.4) is 0 Å². The summed E-state index contributed by atoms with van der Waals surface area (Å²) < 4.78 is 47.6. The highest BCUT2D eigenvalue weighted by molar-refractivity contribution is 6.24. The van der Waals surface area contributed by atoms with E-state index in [-0.39, 0.29) is 73.4 Å². The number of Topliss-reactive ketones (excluding diaryl/α,β-unsaturated/α-hetero) is 1. The van der Waals surface area contributed by atoms with Crippen molar-refractivity contribution in [3.8, 4) is 28.7 Å². The zero-order valence-electron chi connectivity index (χ0n) is 48.1. The summed E-state index contributed by atoms with van der Waals surface area (Å²) in [6.07, 6.45) is 8.00. The Labute approximate surface area is 478 Å². The van der Waals surface area contributed by atoms with E-state index in [1.54, 1.807) is 49.4 Å². The number of pyridine rings is 1. The first-order valence-corrected chi connectivity index (χ1v) is 27.9. The van der Waals surface area contributed by atoms with E-state index >= 15 is 4.39 Å². The van der Waals surface area contributed by atoms with Crippen LogP contribution in [0.2, 0.25) is 0 Å². The first kappa shape index (κ1) is 59.9. The van der Waals surface area contributed by atoms with Crippen LogP contribution in [0, 0.1) is 36.4 Å². The number of aromatic nitrogens is 1. The number of carbonyl (C=O) groups is 4. The molecule has 0 spiro atoms. The topological polar surface area (TPSA) is 292 Å². The molecule has 3 fully saturated rings. The number of amides is 1. The lowest BCUT2D eigenvalue weighted by Crippen LogP contribution is -2.51. The maximum atomic E-state index is 16.2. The van der Waals surface area contributed by atoms with Crippen LogP contribution in [-0.2, 0) is 23.8 Å². The maximum Gasteiger partial charge on any atom is 0.341 e. The normalized spacial score (nSPS) is 29.0. The molecule has 0 radical (unpaired) electrons. The minimum absolute atomic E-state index is 0.00379. The van der Waals surface area contributed by atoms with Gasteiger partial charge in [0, 0.05) is 112 Å². The minimum Gasteiger partial charge on any atom is -0.507 e. The monoisotopic (exact) mass is 1150 g/mol. The Bertz CT molecular complexity index is 3460. The number of hydrazone groups is 1. The summed E-state index contributed by atoms with van der Waals surface area (Å²) in [5, 5.41) is 77.9. The first-order valence-electron chi connectivity index (χ1n) is 27.9. The standard InChI is InChI=1S/C60H73FN6O16/c1-28-12-11-13-29(2)58(76)63-45-38(25-62-66-18-16-36(26-66)64-19-21-65(22-20-64)47-40(61)24-37-46(56(47)80-10)67(35-14-15-35)27-39(51(37)72)59(77)78)52(73)42-43(53(45)74)50(71)33(6)55-44(42)57(75)60(8,83-55)81-23-17-41(79-9)30(3)54(82-34(7)68)32(5)49(70)31(4)48(28)69/h11-13,17,23-25,27-28,30-32,35-36,41,48-49,54,69-71,73-74H,14-16,18-22,26H2,1-10H3,(H,63,76)(H,77,78)/b12-11+,23-17+,29-13-,62-25+/t28-,30+,31+,32+,36?,41-,48-,49+,54+,60-/m0/s1. The molecule has 22 nitrogen and oxygen atoms in total. The number of anilines is 2. The predicted octanol–water partition coefficient (Wildman–Crippen LogP) is 6.48. The van der Waals surface area contributed by atoms with Crippen molar-refractivity contribution >= 4 is 62.9 Å². The lowest BCUT2D eigenvalue weighted by Gasteiger charge is -2.39. The summed E-state index contributed by atoms with van der Waals surface area (Å²) >= 11 is 0. The van der Waals surface area contributed by atoms with E-state index in [4.69, 9.17) is 28.8 Å². The second-order valence-electron chi connectivity index (χ2n) is 22.7. The number of piperazine rings is 1. The molecule has 446 valence electrons. The quantitative estimate of drug-likeness (QED) is 0.0408.